The van der Waals surface area contributed by atoms with Crippen molar-refractivity contribution in [2.24, 2.45) is 13.0 Å². The molecule has 25 heavy (non-hydrogen) atoms. The summed E-state index contributed by atoms with van der Waals surface area (Å²) < 4.78 is 25.9. The van der Waals surface area contributed by atoms with Crippen molar-refractivity contribution in [1.82, 2.24) is 15.1 Å². The summed E-state index contributed by atoms with van der Waals surface area (Å²) >= 11 is 0. The Balaban J connectivity index is 1.81. The monoisotopic (exact) mass is 348 g/mol. The predicted molar refractivity (Wildman–Crippen MR) is 90.4 cm³/mol. The van der Waals surface area contributed by atoms with E-state index in [4.69, 9.17) is 9.47 Å². The number of carbonyl (C=O) groups is 1. The Bertz CT molecular complexity index is 777. The summed E-state index contributed by atoms with van der Waals surface area (Å²) in [5.74, 6) is -0.614. The van der Waals surface area contributed by atoms with Gasteiger partial charge in [-0.05, 0) is 5.56 Å². The molecule has 1 aliphatic heterocycles. The molecule has 7 nitrogen and oxygen atoms in total. The van der Waals surface area contributed by atoms with Gasteiger partial charge in [-0.25, -0.2) is 4.39 Å². The van der Waals surface area contributed by atoms with E-state index in [1.807, 2.05) is 13.2 Å². The van der Waals surface area contributed by atoms with Gasteiger partial charge in [-0.1, -0.05) is 0 Å². The van der Waals surface area contributed by atoms with E-state index >= 15 is 0 Å². The normalized spacial score (nSPS) is 19.7. The maximum absolute atomic E-state index is 14.0. The first-order valence-corrected chi connectivity index (χ1v) is 7.95. The lowest BCUT2D eigenvalue weighted by molar-refractivity contribution is -0.119. The van der Waals surface area contributed by atoms with Gasteiger partial charge in [0.15, 0.2) is 11.6 Å². The van der Waals surface area contributed by atoms with Crippen LogP contribution >= 0.6 is 0 Å². The number of methoxy groups -OCH3 is 2. The van der Waals surface area contributed by atoms with Crippen LogP contribution in [0.4, 0.5) is 10.1 Å². The van der Waals surface area contributed by atoms with Crippen LogP contribution in [0.25, 0.3) is 0 Å². The van der Waals surface area contributed by atoms with Crippen molar-refractivity contribution in [2.75, 3.05) is 32.6 Å². The van der Waals surface area contributed by atoms with Crippen LogP contribution < -0.4 is 20.1 Å². The zero-order chi connectivity index (χ0) is 18.0. The van der Waals surface area contributed by atoms with Gasteiger partial charge >= 0.3 is 0 Å². The molecule has 1 amide bonds. The van der Waals surface area contributed by atoms with Crippen LogP contribution in [-0.2, 0) is 11.8 Å². The number of benzene rings is 1. The maximum atomic E-state index is 14.0. The van der Waals surface area contributed by atoms with Crippen molar-refractivity contribution in [1.29, 1.82) is 0 Å². The van der Waals surface area contributed by atoms with Crippen LogP contribution in [0.3, 0.4) is 0 Å². The molecule has 0 bridgehead atoms. The number of amides is 1. The molecule has 2 heterocycles. The van der Waals surface area contributed by atoms with E-state index in [0.717, 1.165) is 5.56 Å². The van der Waals surface area contributed by atoms with Gasteiger partial charge in [0.2, 0.25) is 5.91 Å². The lowest BCUT2D eigenvalue weighted by Gasteiger charge is -2.18. The van der Waals surface area contributed by atoms with Crippen molar-refractivity contribution < 1.29 is 18.7 Å². The topological polar surface area (TPSA) is 77.4 Å². The number of carbonyl (C=O) groups excluding carboxylic acids is 1. The zero-order valence-corrected chi connectivity index (χ0v) is 14.4. The van der Waals surface area contributed by atoms with Gasteiger partial charge < -0.3 is 20.1 Å². The second-order valence-electron chi connectivity index (χ2n) is 5.99. The van der Waals surface area contributed by atoms with Crippen LogP contribution in [-0.4, -0.2) is 43.0 Å². The number of hydrogen-bond donors (Lipinski definition) is 2. The number of ether oxygens (including phenoxy) is 2. The third kappa shape index (κ3) is 3.43. The fraction of sp³-hybridized carbons (Fsp3) is 0.412. The Morgan fingerprint density at radius 1 is 1.32 bits per heavy atom. The maximum Gasteiger partial charge on any atom is 0.229 e. The number of nitrogens with zero attached hydrogens (tertiary/aromatic N) is 2. The van der Waals surface area contributed by atoms with Gasteiger partial charge in [-0.3, -0.25) is 9.48 Å². The smallest absolute Gasteiger partial charge is 0.229 e. The van der Waals surface area contributed by atoms with E-state index in [-0.39, 0.29) is 29.2 Å². The Labute approximate surface area is 145 Å². The van der Waals surface area contributed by atoms with Crippen LogP contribution in [0.1, 0.15) is 11.5 Å². The number of anilines is 1. The lowest BCUT2D eigenvalue weighted by Crippen LogP contribution is -2.28. The number of aromatic nitrogens is 2. The minimum Gasteiger partial charge on any atom is -0.494 e. The van der Waals surface area contributed by atoms with Crippen molar-refractivity contribution in [3.63, 3.8) is 0 Å². The molecule has 1 fully saturated rings. The first-order chi connectivity index (χ1) is 12.0. The molecular weight excluding hydrogens is 327 g/mol. The molecule has 0 unspecified atom stereocenters. The van der Waals surface area contributed by atoms with E-state index in [9.17, 15) is 9.18 Å². The van der Waals surface area contributed by atoms with Crippen molar-refractivity contribution in [3.8, 4) is 11.5 Å². The molecular formula is C17H21FN4O3. The molecule has 1 aromatic carbocycles. The molecule has 134 valence electrons. The average molecular weight is 348 g/mol. The molecule has 3 rings (SSSR count). The lowest BCUT2D eigenvalue weighted by atomic mass is 9.90. The fourth-order valence-corrected chi connectivity index (χ4v) is 3.12. The van der Waals surface area contributed by atoms with Gasteiger partial charge in [0.25, 0.3) is 0 Å². The molecule has 1 aromatic heterocycles. The molecule has 2 aromatic rings. The molecule has 0 radical (unpaired) electrons. The number of hydrogen-bond acceptors (Lipinski definition) is 5. The van der Waals surface area contributed by atoms with E-state index in [2.05, 4.69) is 15.7 Å². The molecule has 2 N–H and O–H groups in total. The SMILES string of the molecule is COc1cc(OC)c(NC(=O)[C@H]2CNC[C@@H]2c2cnn(C)c2)cc1F. The summed E-state index contributed by atoms with van der Waals surface area (Å²) in [6, 6.07) is 2.62. The van der Waals surface area contributed by atoms with Gasteiger partial charge in [0.1, 0.15) is 5.75 Å². The van der Waals surface area contributed by atoms with E-state index in [1.165, 1.54) is 26.4 Å². The highest BCUT2D eigenvalue weighted by atomic mass is 19.1. The van der Waals surface area contributed by atoms with Crippen molar-refractivity contribution in [2.45, 2.75) is 5.92 Å². The first kappa shape index (κ1) is 17.2. The standard InChI is InChI=1S/C17H21FN4O3/c1-22-9-10(6-20-22)11-7-19-8-12(11)17(23)21-14-4-13(18)15(24-2)5-16(14)25-3/h4-6,9,11-12,19H,7-8H2,1-3H3,(H,21,23)/t11-,12+/m1/s1. The van der Waals surface area contributed by atoms with Gasteiger partial charge in [-0.2, -0.15) is 5.10 Å². The average Bonchev–Trinajstić information content (AvgIpc) is 3.23. The molecule has 0 aliphatic carbocycles. The van der Waals surface area contributed by atoms with Crippen LogP contribution in [0.2, 0.25) is 0 Å². The highest BCUT2D eigenvalue weighted by molar-refractivity contribution is 5.95. The summed E-state index contributed by atoms with van der Waals surface area (Å²) in [6.45, 7) is 1.24. The Kier molecular flexibility index (Phi) is 4.89. The molecule has 2 atom stereocenters. The summed E-state index contributed by atoms with van der Waals surface area (Å²) in [5.41, 5.74) is 1.28. The molecule has 0 saturated carbocycles. The minimum absolute atomic E-state index is 0.0165. The quantitative estimate of drug-likeness (QED) is 0.857. The second-order valence-corrected chi connectivity index (χ2v) is 5.99. The summed E-state index contributed by atoms with van der Waals surface area (Å²) in [7, 11) is 4.67. The van der Waals surface area contributed by atoms with E-state index in [0.29, 0.717) is 18.8 Å². The van der Waals surface area contributed by atoms with Gasteiger partial charge in [0.05, 0.1) is 32.0 Å². The molecule has 1 aliphatic rings. The number of halogens is 1. The number of nitrogens with one attached hydrogen (secondary N) is 2. The van der Waals surface area contributed by atoms with Crippen molar-refractivity contribution in [3.05, 3.63) is 35.9 Å². The van der Waals surface area contributed by atoms with E-state index < -0.39 is 5.82 Å². The predicted octanol–water partition coefficient (Wildman–Crippen LogP) is 1.52. The Hall–Kier alpha value is -2.61. The Morgan fingerprint density at radius 3 is 2.72 bits per heavy atom. The first-order valence-electron chi connectivity index (χ1n) is 7.95. The largest absolute Gasteiger partial charge is 0.494 e. The molecule has 1 saturated heterocycles. The fourth-order valence-electron chi connectivity index (χ4n) is 3.12. The van der Waals surface area contributed by atoms with Crippen LogP contribution in [0.5, 0.6) is 11.5 Å². The molecule has 0 spiro atoms. The number of rotatable bonds is 5. The minimum atomic E-state index is -0.563. The highest BCUT2D eigenvalue weighted by Gasteiger charge is 2.35. The van der Waals surface area contributed by atoms with Gasteiger partial charge in [0, 0.05) is 44.4 Å². The zero-order valence-electron chi connectivity index (χ0n) is 14.4. The number of aryl methyl sites for hydroxylation is 1. The van der Waals surface area contributed by atoms with Crippen LogP contribution in [0, 0.1) is 11.7 Å². The molecule has 8 heteroatoms. The van der Waals surface area contributed by atoms with Gasteiger partial charge in [-0.15, -0.1) is 0 Å². The highest BCUT2D eigenvalue weighted by Crippen LogP contribution is 2.34. The van der Waals surface area contributed by atoms with E-state index in [1.54, 1.807) is 10.9 Å². The third-order valence-corrected chi connectivity index (χ3v) is 4.44. The third-order valence-electron chi connectivity index (χ3n) is 4.44. The van der Waals surface area contributed by atoms with Crippen molar-refractivity contribution >= 4 is 11.6 Å². The summed E-state index contributed by atoms with van der Waals surface area (Å²) in [5, 5.41) is 10.2. The Morgan fingerprint density at radius 2 is 2.08 bits per heavy atom. The second kappa shape index (κ2) is 7.10. The summed E-state index contributed by atoms with van der Waals surface area (Å²) in [4.78, 5) is 12.8. The summed E-state index contributed by atoms with van der Waals surface area (Å²) in [6.07, 6.45) is 3.68. The van der Waals surface area contributed by atoms with Crippen LogP contribution in [0.15, 0.2) is 24.5 Å².